The van der Waals surface area contributed by atoms with E-state index in [-0.39, 0.29) is 0 Å². The van der Waals surface area contributed by atoms with Crippen LogP contribution < -0.4 is 4.90 Å². The summed E-state index contributed by atoms with van der Waals surface area (Å²) in [5.74, 6) is 0.842. The average molecular weight is 245 g/mol. The van der Waals surface area contributed by atoms with Crippen LogP contribution in [0, 0.1) is 11.3 Å². The topological polar surface area (TPSA) is 39.9 Å². The first-order chi connectivity index (χ1) is 8.74. The third kappa shape index (κ3) is 3.73. The van der Waals surface area contributed by atoms with Crippen molar-refractivity contribution in [3.63, 3.8) is 0 Å². The first-order valence-corrected chi connectivity index (χ1v) is 6.86. The Balaban J connectivity index is 2.97. The lowest BCUT2D eigenvalue weighted by atomic mass is 10.1. The first-order valence-electron chi connectivity index (χ1n) is 6.86. The van der Waals surface area contributed by atoms with Crippen molar-refractivity contribution in [3.05, 3.63) is 23.9 Å². The highest BCUT2D eigenvalue weighted by Crippen LogP contribution is 2.21. The molecular formula is C15H23N3. The van der Waals surface area contributed by atoms with Crippen molar-refractivity contribution < 1.29 is 0 Å². The summed E-state index contributed by atoms with van der Waals surface area (Å²) in [6.45, 7) is 7.57. The molecule has 0 aliphatic rings. The van der Waals surface area contributed by atoms with Gasteiger partial charge in [0.2, 0.25) is 0 Å². The van der Waals surface area contributed by atoms with E-state index in [2.05, 4.69) is 36.7 Å². The summed E-state index contributed by atoms with van der Waals surface area (Å²) in [5.41, 5.74) is 0.677. The van der Waals surface area contributed by atoms with Crippen LogP contribution in [0.1, 0.15) is 52.0 Å². The van der Waals surface area contributed by atoms with Crippen LogP contribution in [0.5, 0.6) is 0 Å². The van der Waals surface area contributed by atoms with Gasteiger partial charge in [-0.2, -0.15) is 5.26 Å². The maximum absolute atomic E-state index is 9.19. The van der Waals surface area contributed by atoms with Gasteiger partial charge in [0, 0.05) is 18.8 Å². The summed E-state index contributed by atoms with van der Waals surface area (Å²) >= 11 is 0. The minimum Gasteiger partial charge on any atom is -0.353 e. The molecule has 0 fully saturated rings. The van der Waals surface area contributed by atoms with Crippen LogP contribution >= 0.6 is 0 Å². The van der Waals surface area contributed by atoms with Gasteiger partial charge in [-0.3, -0.25) is 0 Å². The Morgan fingerprint density at radius 2 is 2.17 bits per heavy atom. The summed E-state index contributed by atoms with van der Waals surface area (Å²) in [6, 6.07) is 6.35. The molecular weight excluding hydrogens is 222 g/mol. The number of rotatable bonds is 7. The Labute approximate surface area is 110 Å². The molecule has 1 unspecified atom stereocenters. The fourth-order valence-corrected chi connectivity index (χ4v) is 2.15. The lowest BCUT2D eigenvalue weighted by Gasteiger charge is -2.30. The normalized spacial score (nSPS) is 11.9. The molecule has 0 aliphatic heterocycles. The molecule has 0 saturated heterocycles. The predicted octanol–water partition coefficient (Wildman–Crippen LogP) is 3.75. The summed E-state index contributed by atoms with van der Waals surface area (Å²) < 4.78 is 0. The van der Waals surface area contributed by atoms with Crippen molar-refractivity contribution in [2.45, 2.75) is 52.5 Å². The summed E-state index contributed by atoms with van der Waals surface area (Å²) in [4.78, 5) is 6.69. The summed E-state index contributed by atoms with van der Waals surface area (Å²) in [5, 5.41) is 9.19. The maximum atomic E-state index is 9.19. The van der Waals surface area contributed by atoms with Crippen LogP contribution in [0.25, 0.3) is 0 Å². The van der Waals surface area contributed by atoms with Crippen LogP contribution in [0.2, 0.25) is 0 Å². The molecule has 0 aliphatic carbocycles. The molecule has 1 rings (SSSR count). The van der Waals surface area contributed by atoms with Crippen LogP contribution in [-0.2, 0) is 0 Å². The van der Waals surface area contributed by atoms with E-state index in [4.69, 9.17) is 0 Å². The number of nitrogens with zero attached hydrogens (tertiary/aromatic N) is 3. The van der Waals surface area contributed by atoms with Gasteiger partial charge in [-0.1, -0.05) is 26.7 Å². The number of unbranched alkanes of at least 4 members (excludes halogenated alkanes) is 1. The van der Waals surface area contributed by atoms with Crippen molar-refractivity contribution in [1.82, 2.24) is 4.98 Å². The second-order valence-electron chi connectivity index (χ2n) is 4.67. The molecule has 0 spiro atoms. The predicted molar refractivity (Wildman–Crippen MR) is 75.6 cm³/mol. The van der Waals surface area contributed by atoms with E-state index in [0.29, 0.717) is 11.6 Å². The largest absolute Gasteiger partial charge is 0.353 e. The van der Waals surface area contributed by atoms with Crippen molar-refractivity contribution in [1.29, 1.82) is 5.26 Å². The van der Waals surface area contributed by atoms with Crippen molar-refractivity contribution in [2.75, 3.05) is 11.4 Å². The fourth-order valence-electron chi connectivity index (χ4n) is 2.15. The zero-order chi connectivity index (χ0) is 13.4. The van der Waals surface area contributed by atoms with Crippen molar-refractivity contribution in [2.24, 2.45) is 0 Å². The summed E-state index contributed by atoms with van der Waals surface area (Å²) in [7, 11) is 0. The monoisotopic (exact) mass is 245 g/mol. The summed E-state index contributed by atoms with van der Waals surface area (Å²) in [6.07, 6.45) is 6.34. The first kappa shape index (κ1) is 14.5. The highest BCUT2D eigenvalue weighted by atomic mass is 15.2. The minimum absolute atomic E-state index is 0.434. The molecule has 18 heavy (non-hydrogen) atoms. The Bertz CT molecular complexity index is 395. The maximum Gasteiger partial charge on any atom is 0.146 e. The molecule has 1 aromatic heterocycles. The smallest absolute Gasteiger partial charge is 0.146 e. The number of hydrogen-bond donors (Lipinski definition) is 0. The Hall–Kier alpha value is -1.56. The number of anilines is 1. The number of aromatic nitrogens is 1. The Kier molecular flexibility index (Phi) is 6.21. The van der Waals surface area contributed by atoms with E-state index in [0.717, 1.165) is 38.0 Å². The second kappa shape index (κ2) is 7.71. The van der Waals surface area contributed by atoms with Gasteiger partial charge < -0.3 is 4.90 Å². The molecule has 0 bridgehead atoms. The van der Waals surface area contributed by atoms with Crippen LogP contribution in [-0.4, -0.2) is 17.6 Å². The molecule has 0 aromatic carbocycles. The van der Waals surface area contributed by atoms with Gasteiger partial charge in [0.15, 0.2) is 0 Å². The van der Waals surface area contributed by atoms with E-state index in [1.54, 1.807) is 6.20 Å². The SMILES string of the molecule is CCCCN(c1ncccc1C#N)C(C)CCC. The molecule has 1 atom stereocenters. The van der Waals surface area contributed by atoms with E-state index < -0.39 is 0 Å². The third-order valence-corrected chi connectivity index (χ3v) is 3.17. The third-order valence-electron chi connectivity index (χ3n) is 3.17. The zero-order valence-corrected chi connectivity index (χ0v) is 11.7. The van der Waals surface area contributed by atoms with Gasteiger partial charge in [-0.25, -0.2) is 4.98 Å². The second-order valence-corrected chi connectivity index (χ2v) is 4.67. The van der Waals surface area contributed by atoms with E-state index in [9.17, 15) is 5.26 Å². The van der Waals surface area contributed by atoms with Gasteiger partial charge in [-0.15, -0.1) is 0 Å². The van der Waals surface area contributed by atoms with Crippen LogP contribution in [0.15, 0.2) is 18.3 Å². The van der Waals surface area contributed by atoms with Gasteiger partial charge in [-0.05, 0) is 31.9 Å². The lowest BCUT2D eigenvalue weighted by molar-refractivity contribution is 0.561. The molecule has 98 valence electrons. The lowest BCUT2D eigenvalue weighted by Crippen LogP contribution is -2.35. The number of hydrogen-bond acceptors (Lipinski definition) is 3. The van der Waals surface area contributed by atoms with Gasteiger partial charge >= 0.3 is 0 Å². The minimum atomic E-state index is 0.434. The zero-order valence-electron chi connectivity index (χ0n) is 11.7. The van der Waals surface area contributed by atoms with E-state index in [1.165, 1.54) is 0 Å². The highest BCUT2D eigenvalue weighted by Gasteiger charge is 2.17. The molecule has 3 nitrogen and oxygen atoms in total. The molecule has 0 N–H and O–H groups in total. The molecule has 0 radical (unpaired) electrons. The highest BCUT2D eigenvalue weighted by molar-refractivity contribution is 5.54. The molecule has 1 aromatic rings. The van der Waals surface area contributed by atoms with Gasteiger partial charge in [0.25, 0.3) is 0 Å². The van der Waals surface area contributed by atoms with Crippen molar-refractivity contribution in [3.8, 4) is 6.07 Å². The van der Waals surface area contributed by atoms with E-state index >= 15 is 0 Å². The molecule has 0 amide bonds. The van der Waals surface area contributed by atoms with Crippen molar-refractivity contribution >= 4 is 5.82 Å². The van der Waals surface area contributed by atoms with Gasteiger partial charge in [0.05, 0.1) is 5.56 Å². The van der Waals surface area contributed by atoms with E-state index in [1.807, 2.05) is 12.1 Å². The number of pyridine rings is 1. The van der Waals surface area contributed by atoms with Crippen LogP contribution in [0.4, 0.5) is 5.82 Å². The average Bonchev–Trinajstić information content (AvgIpc) is 2.40. The molecule has 1 heterocycles. The molecule has 3 heteroatoms. The quantitative estimate of drug-likeness (QED) is 0.734. The van der Waals surface area contributed by atoms with Gasteiger partial charge in [0.1, 0.15) is 11.9 Å². The fraction of sp³-hybridized carbons (Fsp3) is 0.600. The Morgan fingerprint density at radius 3 is 2.78 bits per heavy atom. The Morgan fingerprint density at radius 1 is 1.39 bits per heavy atom. The number of nitriles is 1. The molecule has 0 saturated carbocycles. The van der Waals surface area contributed by atoms with Crippen LogP contribution in [0.3, 0.4) is 0 Å². The standard InChI is InChI=1S/C15H23N3/c1-4-6-11-18(13(3)8-5-2)15-14(12-16)9-7-10-17-15/h7,9-10,13H,4-6,8,11H2,1-3H3.